The van der Waals surface area contributed by atoms with Gasteiger partial charge in [0.1, 0.15) is 11.5 Å². The summed E-state index contributed by atoms with van der Waals surface area (Å²) >= 11 is 0. The Bertz CT molecular complexity index is 1280. The quantitative estimate of drug-likeness (QED) is 0.378. The number of rotatable bonds is 4. The Kier molecular flexibility index (Phi) is 4.43. The Morgan fingerprint density at radius 1 is 1.10 bits per heavy atom. The van der Waals surface area contributed by atoms with Crippen molar-refractivity contribution in [1.29, 1.82) is 0 Å². The summed E-state index contributed by atoms with van der Waals surface area (Å²) in [6, 6.07) is 15.2. The van der Waals surface area contributed by atoms with Crippen LogP contribution in [-0.2, 0) is 0 Å². The largest absolute Gasteiger partial charge is 0.487 e. The van der Waals surface area contributed by atoms with E-state index in [-0.39, 0.29) is 11.4 Å². The first-order valence-corrected chi connectivity index (χ1v) is 10.2. The molecule has 2 heterocycles. The molecule has 6 nitrogen and oxygen atoms in total. The van der Waals surface area contributed by atoms with E-state index in [0.29, 0.717) is 17.9 Å². The van der Waals surface area contributed by atoms with Crippen LogP contribution in [0.4, 0.5) is 5.69 Å². The summed E-state index contributed by atoms with van der Waals surface area (Å²) in [5.41, 5.74) is 2.35. The topological polar surface area (TPSA) is 70.8 Å². The van der Waals surface area contributed by atoms with Crippen molar-refractivity contribution in [2.24, 2.45) is 0 Å². The predicted octanol–water partition coefficient (Wildman–Crippen LogP) is 6.13. The molecule has 0 amide bonds. The molecule has 0 fully saturated rings. The average Bonchev–Trinajstić information content (AvgIpc) is 2.77. The van der Waals surface area contributed by atoms with E-state index < -0.39 is 10.7 Å². The molecule has 0 unspecified atom stereocenters. The lowest BCUT2D eigenvalue weighted by Crippen LogP contribution is -2.44. The number of fused-ring (bicyclic) bond motifs is 4. The van der Waals surface area contributed by atoms with E-state index in [1.165, 1.54) is 6.07 Å². The molecule has 1 atom stereocenters. The molecule has 156 valence electrons. The SMILES string of the molecule is CCCOc1cc2c(cc1[N+](=O)[O-])C=C(C)[C@@]1(C=Cc3c(ccc4ccccc34)O1)O2. The van der Waals surface area contributed by atoms with Crippen LogP contribution in [-0.4, -0.2) is 17.3 Å². The van der Waals surface area contributed by atoms with E-state index in [1.807, 2.05) is 56.3 Å². The molecule has 0 saturated heterocycles. The molecule has 0 aromatic heterocycles. The van der Waals surface area contributed by atoms with Gasteiger partial charge >= 0.3 is 5.69 Å². The lowest BCUT2D eigenvalue weighted by Gasteiger charge is -2.38. The fourth-order valence-corrected chi connectivity index (χ4v) is 4.01. The van der Waals surface area contributed by atoms with Gasteiger partial charge in [-0.25, -0.2) is 0 Å². The Balaban J connectivity index is 1.57. The maximum absolute atomic E-state index is 11.5. The van der Waals surface area contributed by atoms with Crippen molar-refractivity contribution < 1.29 is 19.1 Å². The summed E-state index contributed by atoms with van der Waals surface area (Å²) in [5, 5.41) is 13.8. The Hall–Kier alpha value is -3.80. The zero-order valence-corrected chi connectivity index (χ0v) is 17.3. The number of nitro groups is 1. The lowest BCUT2D eigenvalue weighted by molar-refractivity contribution is -0.385. The normalized spacial score (nSPS) is 18.6. The Labute approximate surface area is 179 Å². The molecule has 31 heavy (non-hydrogen) atoms. The standard InChI is InChI=1S/C25H21NO5/c1-3-12-29-24-15-23-18(14-21(24)26(27)28)13-16(2)25(31-23)11-10-20-19-7-5-4-6-17(19)8-9-22(20)30-25/h4-11,13-15H,3,12H2,1-2H3/t25-/m1/s1. The van der Waals surface area contributed by atoms with Crippen LogP contribution in [0.5, 0.6) is 17.2 Å². The maximum atomic E-state index is 11.5. The molecule has 0 N–H and O–H groups in total. The summed E-state index contributed by atoms with van der Waals surface area (Å²) in [6.07, 6.45) is 6.52. The minimum Gasteiger partial charge on any atom is -0.487 e. The van der Waals surface area contributed by atoms with Crippen LogP contribution in [0.3, 0.4) is 0 Å². The summed E-state index contributed by atoms with van der Waals surface area (Å²) in [4.78, 5) is 11.1. The molecular formula is C25H21NO5. The number of nitro benzene ring substituents is 1. The number of ether oxygens (including phenoxy) is 3. The van der Waals surface area contributed by atoms with Gasteiger partial charge in [-0.2, -0.15) is 0 Å². The van der Waals surface area contributed by atoms with Gasteiger partial charge in [0.05, 0.1) is 11.5 Å². The predicted molar refractivity (Wildman–Crippen MR) is 120 cm³/mol. The van der Waals surface area contributed by atoms with Crippen molar-refractivity contribution in [2.75, 3.05) is 6.61 Å². The van der Waals surface area contributed by atoms with Gasteiger partial charge in [-0.15, -0.1) is 0 Å². The summed E-state index contributed by atoms with van der Waals surface area (Å²) in [6.45, 7) is 4.23. The minimum atomic E-state index is -1.11. The molecule has 0 saturated carbocycles. The highest BCUT2D eigenvalue weighted by Gasteiger charge is 2.41. The summed E-state index contributed by atoms with van der Waals surface area (Å²) in [7, 11) is 0. The molecule has 1 spiro atoms. The van der Waals surface area contributed by atoms with Gasteiger partial charge in [0.2, 0.25) is 5.75 Å². The first-order chi connectivity index (χ1) is 15.0. The summed E-state index contributed by atoms with van der Waals surface area (Å²) < 4.78 is 18.3. The first-order valence-electron chi connectivity index (χ1n) is 10.2. The van der Waals surface area contributed by atoms with Crippen molar-refractivity contribution >= 4 is 28.6 Å². The number of nitrogens with zero attached hydrogens (tertiary/aromatic N) is 1. The van der Waals surface area contributed by atoms with E-state index in [9.17, 15) is 10.1 Å². The zero-order chi connectivity index (χ0) is 21.6. The average molecular weight is 415 g/mol. The number of hydrogen-bond donors (Lipinski definition) is 0. The highest BCUT2D eigenvalue weighted by Crippen LogP contribution is 2.46. The van der Waals surface area contributed by atoms with Crippen LogP contribution in [0.25, 0.3) is 22.9 Å². The van der Waals surface area contributed by atoms with Crippen molar-refractivity contribution in [2.45, 2.75) is 26.1 Å². The van der Waals surface area contributed by atoms with E-state index in [1.54, 1.807) is 6.07 Å². The smallest absolute Gasteiger partial charge is 0.311 e. The van der Waals surface area contributed by atoms with Crippen LogP contribution in [0.15, 0.2) is 60.2 Å². The third kappa shape index (κ3) is 3.11. The number of hydrogen-bond acceptors (Lipinski definition) is 5. The monoisotopic (exact) mass is 415 g/mol. The van der Waals surface area contributed by atoms with Crippen molar-refractivity contribution in [3.05, 3.63) is 81.4 Å². The fraction of sp³-hybridized carbons (Fsp3) is 0.200. The molecule has 2 aliphatic heterocycles. The van der Waals surface area contributed by atoms with E-state index in [4.69, 9.17) is 14.2 Å². The van der Waals surface area contributed by atoms with E-state index in [2.05, 4.69) is 12.1 Å². The highest BCUT2D eigenvalue weighted by molar-refractivity contribution is 5.94. The van der Waals surface area contributed by atoms with Crippen LogP contribution in [0.1, 0.15) is 31.4 Å². The lowest BCUT2D eigenvalue weighted by atomic mass is 9.94. The van der Waals surface area contributed by atoms with Crippen molar-refractivity contribution in [3.63, 3.8) is 0 Å². The van der Waals surface area contributed by atoms with Crippen LogP contribution >= 0.6 is 0 Å². The molecule has 0 radical (unpaired) electrons. The van der Waals surface area contributed by atoms with E-state index >= 15 is 0 Å². The second-order valence-corrected chi connectivity index (χ2v) is 7.69. The number of benzene rings is 3. The third-order valence-corrected chi connectivity index (χ3v) is 5.59. The van der Waals surface area contributed by atoms with Gasteiger partial charge in [-0.3, -0.25) is 10.1 Å². The Morgan fingerprint density at radius 3 is 2.71 bits per heavy atom. The molecule has 3 aromatic carbocycles. The van der Waals surface area contributed by atoms with E-state index in [0.717, 1.165) is 34.1 Å². The maximum Gasteiger partial charge on any atom is 0.311 e. The van der Waals surface area contributed by atoms with Gasteiger partial charge in [0.15, 0.2) is 0 Å². The summed E-state index contributed by atoms with van der Waals surface area (Å²) in [5.74, 6) is 0.290. The highest BCUT2D eigenvalue weighted by atomic mass is 16.7. The molecule has 0 bridgehead atoms. The van der Waals surface area contributed by atoms with Crippen LogP contribution in [0.2, 0.25) is 0 Å². The molecule has 5 rings (SSSR count). The molecule has 2 aliphatic rings. The fourth-order valence-electron chi connectivity index (χ4n) is 4.01. The van der Waals surface area contributed by atoms with Gasteiger partial charge in [-0.05, 0) is 42.3 Å². The molecular weight excluding hydrogens is 394 g/mol. The second-order valence-electron chi connectivity index (χ2n) is 7.69. The van der Waals surface area contributed by atoms with Gasteiger partial charge in [0, 0.05) is 34.9 Å². The van der Waals surface area contributed by atoms with Gasteiger partial charge in [-0.1, -0.05) is 37.3 Å². The van der Waals surface area contributed by atoms with Crippen LogP contribution in [0, 0.1) is 10.1 Å². The van der Waals surface area contributed by atoms with Crippen molar-refractivity contribution in [3.8, 4) is 17.2 Å². The van der Waals surface area contributed by atoms with Gasteiger partial charge in [0.25, 0.3) is 5.79 Å². The molecule has 6 heteroatoms. The zero-order valence-electron chi connectivity index (χ0n) is 17.3. The second kappa shape index (κ2) is 7.16. The molecule has 0 aliphatic carbocycles. The van der Waals surface area contributed by atoms with Gasteiger partial charge < -0.3 is 14.2 Å². The third-order valence-electron chi connectivity index (χ3n) is 5.59. The minimum absolute atomic E-state index is 0.0762. The first kappa shape index (κ1) is 19.2. The van der Waals surface area contributed by atoms with Crippen molar-refractivity contribution in [1.82, 2.24) is 0 Å². The van der Waals surface area contributed by atoms with Crippen LogP contribution < -0.4 is 14.2 Å². The molecule has 3 aromatic rings. The Morgan fingerprint density at radius 2 is 1.90 bits per heavy atom.